The molecular weight excluding hydrogens is 318 g/mol. The average molecular weight is 339 g/mol. The van der Waals surface area contributed by atoms with Crippen LogP contribution in [0, 0.1) is 0 Å². The normalized spacial score (nSPS) is 20.0. The molecule has 5 rings (SSSR count). The van der Waals surface area contributed by atoms with Crippen LogP contribution < -0.4 is 18.9 Å². The third-order valence-corrected chi connectivity index (χ3v) is 5.68. The highest BCUT2D eigenvalue weighted by atomic mass is 16.7. The van der Waals surface area contributed by atoms with E-state index >= 15 is 0 Å². The molecule has 0 saturated carbocycles. The van der Waals surface area contributed by atoms with Crippen molar-refractivity contribution in [3.63, 3.8) is 0 Å². The van der Waals surface area contributed by atoms with Crippen molar-refractivity contribution in [3.8, 4) is 34.1 Å². The van der Waals surface area contributed by atoms with Gasteiger partial charge in [-0.2, -0.15) is 0 Å². The SMILES string of the molecule is COc1ccc2c(c1OC)-c1c3c(cc4c1[C@H](C2)N(C)CC4)OCO3. The van der Waals surface area contributed by atoms with Gasteiger partial charge in [-0.25, -0.2) is 0 Å². The summed E-state index contributed by atoms with van der Waals surface area (Å²) in [5.41, 5.74) is 6.19. The second-order valence-corrected chi connectivity index (χ2v) is 6.84. The zero-order chi connectivity index (χ0) is 17.1. The molecule has 2 aromatic rings. The van der Waals surface area contributed by atoms with Gasteiger partial charge in [0.05, 0.1) is 14.2 Å². The molecule has 0 N–H and O–H groups in total. The third kappa shape index (κ3) is 1.93. The van der Waals surface area contributed by atoms with Crippen LogP contribution in [0.1, 0.15) is 22.7 Å². The average Bonchev–Trinajstić information content (AvgIpc) is 3.11. The summed E-state index contributed by atoms with van der Waals surface area (Å²) in [7, 11) is 5.57. The highest BCUT2D eigenvalue weighted by Crippen LogP contribution is 2.57. The van der Waals surface area contributed by atoms with Crippen molar-refractivity contribution in [2.45, 2.75) is 18.9 Å². The van der Waals surface area contributed by atoms with Gasteiger partial charge in [0.15, 0.2) is 23.0 Å². The van der Waals surface area contributed by atoms with E-state index in [0.29, 0.717) is 6.04 Å². The molecule has 0 fully saturated rings. The Kier molecular flexibility index (Phi) is 3.16. The van der Waals surface area contributed by atoms with Crippen molar-refractivity contribution in [2.24, 2.45) is 0 Å². The predicted molar refractivity (Wildman–Crippen MR) is 93.9 cm³/mol. The number of hydrogen-bond acceptors (Lipinski definition) is 5. The molecule has 0 unspecified atom stereocenters. The molecule has 5 heteroatoms. The van der Waals surface area contributed by atoms with Crippen LogP contribution >= 0.6 is 0 Å². The Labute approximate surface area is 147 Å². The molecule has 2 heterocycles. The maximum absolute atomic E-state index is 5.90. The molecule has 2 aromatic carbocycles. The van der Waals surface area contributed by atoms with Gasteiger partial charge in [-0.3, -0.25) is 4.90 Å². The topological polar surface area (TPSA) is 40.2 Å². The monoisotopic (exact) mass is 339 g/mol. The van der Waals surface area contributed by atoms with Crippen LogP contribution in [0.3, 0.4) is 0 Å². The fourth-order valence-corrected chi connectivity index (χ4v) is 4.50. The number of fused-ring (bicyclic) bond motifs is 4. The molecule has 5 nitrogen and oxygen atoms in total. The lowest BCUT2D eigenvalue weighted by atomic mass is 9.76. The first-order valence-corrected chi connectivity index (χ1v) is 8.62. The number of likely N-dealkylation sites (N-methyl/N-ethyl adjacent to an activating group) is 1. The lowest BCUT2D eigenvalue weighted by Crippen LogP contribution is -2.35. The van der Waals surface area contributed by atoms with Crippen molar-refractivity contribution in [2.75, 3.05) is 34.6 Å². The molecule has 0 saturated heterocycles. The third-order valence-electron chi connectivity index (χ3n) is 5.68. The minimum atomic E-state index is 0.271. The van der Waals surface area contributed by atoms with Crippen LogP contribution in [-0.4, -0.2) is 39.5 Å². The van der Waals surface area contributed by atoms with Crippen molar-refractivity contribution in [1.29, 1.82) is 0 Å². The van der Waals surface area contributed by atoms with Crippen LogP contribution in [0.4, 0.5) is 0 Å². The van der Waals surface area contributed by atoms with Crippen LogP contribution in [0.25, 0.3) is 11.1 Å². The zero-order valence-electron chi connectivity index (χ0n) is 14.7. The van der Waals surface area contributed by atoms with Gasteiger partial charge in [0.2, 0.25) is 6.79 Å². The van der Waals surface area contributed by atoms with E-state index in [1.807, 2.05) is 6.07 Å². The highest BCUT2D eigenvalue weighted by molar-refractivity contribution is 5.88. The van der Waals surface area contributed by atoms with Crippen LogP contribution in [0.2, 0.25) is 0 Å². The summed E-state index contributed by atoms with van der Waals surface area (Å²) in [6, 6.07) is 6.67. The summed E-state index contributed by atoms with van der Waals surface area (Å²) >= 11 is 0. The minimum absolute atomic E-state index is 0.271. The Balaban J connectivity index is 1.88. The molecule has 0 amide bonds. The van der Waals surface area contributed by atoms with E-state index in [9.17, 15) is 0 Å². The van der Waals surface area contributed by atoms with E-state index in [-0.39, 0.29) is 6.79 Å². The molecule has 130 valence electrons. The fourth-order valence-electron chi connectivity index (χ4n) is 4.50. The fraction of sp³-hybridized carbons (Fsp3) is 0.400. The Morgan fingerprint density at radius 3 is 2.76 bits per heavy atom. The van der Waals surface area contributed by atoms with Crippen molar-refractivity contribution in [1.82, 2.24) is 4.90 Å². The summed E-state index contributed by atoms with van der Waals surface area (Å²) in [6.45, 7) is 1.33. The van der Waals surface area contributed by atoms with E-state index < -0.39 is 0 Å². The van der Waals surface area contributed by atoms with Gasteiger partial charge >= 0.3 is 0 Å². The van der Waals surface area contributed by atoms with E-state index in [0.717, 1.165) is 53.5 Å². The Morgan fingerprint density at radius 2 is 1.96 bits per heavy atom. The maximum Gasteiger partial charge on any atom is 0.231 e. The molecule has 1 atom stereocenters. The molecule has 25 heavy (non-hydrogen) atoms. The smallest absolute Gasteiger partial charge is 0.231 e. The minimum Gasteiger partial charge on any atom is -0.493 e. The summed E-state index contributed by atoms with van der Waals surface area (Å²) in [6.07, 6.45) is 1.99. The summed E-state index contributed by atoms with van der Waals surface area (Å²) in [4.78, 5) is 2.44. The first kappa shape index (κ1) is 14.9. The first-order valence-electron chi connectivity index (χ1n) is 8.62. The van der Waals surface area contributed by atoms with Crippen LogP contribution in [0.15, 0.2) is 18.2 Å². The molecule has 0 spiro atoms. The number of benzene rings is 2. The highest BCUT2D eigenvalue weighted by Gasteiger charge is 2.39. The standard InChI is InChI=1S/C20H21NO4/c1-21-7-6-12-9-15-20(25-10-24-15)18-16(12)13(21)8-11-4-5-14(22-2)19(23-3)17(11)18/h4-5,9,13H,6-8,10H2,1-3H3/t13-/m0/s1. The molecule has 0 radical (unpaired) electrons. The molecule has 0 aromatic heterocycles. The van der Waals surface area contributed by atoms with E-state index in [1.165, 1.54) is 16.7 Å². The molecule has 2 aliphatic heterocycles. The predicted octanol–water partition coefficient (Wildman–Crippen LogP) is 3.18. The van der Waals surface area contributed by atoms with Crippen molar-refractivity contribution >= 4 is 0 Å². The van der Waals surface area contributed by atoms with Crippen LogP contribution in [-0.2, 0) is 12.8 Å². The Hall–Kier alpha value is -2.40. The molecule has 3 aliphatic rings. The Bertz CT molecular complexity index is 877. The van der Waals surface area contributed by atoms with E-state index in [1.54, 1.807) is 14.2 Å². The van der Waals surface area contributed by atoms with Gasteiger partial charge < -0.3 is 18.9 Å². The lowest BCUT2D eigenvalue weighted by Gasteiger charge is -2.40. The van der Waals surface area contributed by atoms with E-state index in [4.69, 9.17) is 18.9 Å². The second kappa shape index (κ2) is 5.30. The number of hydrogen-bond donors (Lipinski definition) is 0. The van der Waals surface area contributed by atoms with E-state index in [2.05, 4.69) is 24.1 Å². The number of ether oxygens (including phenoxy) is 4. The molecular formula is C20H21NO4. The van der Waals surface area contributed by atoms with Crippen molar-refractivity contribution in [3.05, 3.63) is 34.9 Å². The van der Waals surface area contributed by atoms with Crippen molar-refractivity contribution < 1.29 is 18.9 Å². The summed E-state index contributed by atoms with van der Waals surface area (Å²) < 4.78 is 22.9. The summed E-state index contributed by atoms with van der Waals surface area (Å²) in [5.74, 6) is 3.20. The first-order chi connectivity index (χ1) is 12.2. The van der Waals surface area contributed by atoms with Gasteiger partial charge in [-0.05, 0) is 48.7 Å². The number of methoxy groups -OCH3 is 2. The Morgan fingerprint density at radius 1 is 1.08 bits per heavy atom. The van der Waals surface area contributed by atoms with Crippen LogP contribution in [0.5, 0.6) is 23.0 Å². The lowest BCUT2D eigenvalue weighted by molar-refractivity contribution is 0.174. The number of nitrogens with zero attached hydrogens (tertiary/aromatic N) is 1. The van der Waals surface area contributed by atoms with Gasteiger partial charge in [-0.1, -0.05) is 6.07 Å². The molecule has 1 aliphatic carbocycles. The second-order valence-electron chi connectivity index (χ2n) is 6.84. The maximum atomic E-state index is 5.90. The van der Waals surface area contributed by atoms with Gasteiger partial charge in [0.25, 0.3) is 0 Å². The quantitative estimate of drug-likeness (QED) is 0.840. The van der Waals surface area contributed by atoms with Gasteiger partial charge in [0, 0.05) is 23.7 Å². The molecule has 0 bridgehead atoms. The number of rotatable bonds is 2. The summed E-state index contributed by atoms with van der Waals surface area (Å²) in [5, 5.41) is 0. The largest absolute Gasteiger partial charge is 0.493 e. The zero-order valence-corrected chi connectivity index (χ0v) is 14.7. The van der Waals surface area contributed by atoms with Gasteiger partial charge in [-0.15, -0.1) is 0 Å². The van der Waals surface area contributed by atoms with Gasteiger partial charge in [0.1, 0.15) is 0 Å².